The summed E-state index contributed by atoms with van der Waals surface area (Å²) in [4.78, 5) is 42.1. The van der Waals surface area contributed by atoms with Crippen molar-refractivity contribution in [2.45, 2.75) is 6.42 Å². The number of imide groups is 1. The van der Waals surface area contributed by atoms with Crippen LogP contribution in [0.1, 0.15) is 36.6 Å². The molecule has 1 aliphatic rings. The van der Waals surface area contributed by atoms with Crippen molar-refractivity contribution in [3.05, 3.63) is 95.3 Å². The lowest BCUT2D eigenvalue weighted by molar-refractivity contribution is 0.0656. The molecule has 2 aromatic carbocycles. The zero-order chi connectivity index (χ0) is 19.5. The van der Waals surface area contributed by atoms with E-state index < -0.39 is 0 Å². The average molecular weight is 371 g/mol. The SMILES string of the molecule is O=C(Nc1ccc(CCN2C(=O)c3ccccc3C2=O)cc1)c1ccncc1. The van der Waals surface area contributed by atoms with Crippen molar-refractivity contribution >= 4 is 23.4 Å². The Labute approximate surface area is 161 Å². The van der Waals surface area contributed by atoms with E-state index in [0.717, 1.165) is 5.56 Å². The Morgan fingerprint density at radius 3 is 2.07 bits per heavy atom. The highest BCUT2D eigenvalue weighted by Crippen LogP contribution is 2.22. The van der Waals surface area contributed by atoms with Gasteiger partial charge in [0.05, 0.1) is 11.1 Å². The third-order valence-electron chi connectivity index (χ3n) is 4.66. The second-order valence-corrected chi connectivity index (χ2v) is 6.44. The summed E-state index contributed by atoms with van der Waals surface area (Å²) in [5.74, 6) is -0.704. The third-order valence-corrected chi connectivity index (χ3v) is 4.66. The number of anilines is 1. The maximum absolute atomic E-state index is 12.4. The molecule has 0 aliphatic carbocycles. The van der Waals surface area contributed by atoms with Gasteiger partial charge in [-0.05, 0) is 48.4 Å². The lowest BCUT2D eigenvalue weighted by Crippen LogP contribution is -2.31. The molecule has 0 saturated carbocycles. The quantitative estimate of drug-likeness (QED) is 0.699. The van der Waals surface area contributed by atoms with Crippen LogP contribution < -0.4 is 5.32 Å². The Morgan fingerprint density at radius 1 is 0.857 bits per heavy atom. The van der Waals surface area contributed by atoms with Gasteiger partial charge in [-0.25, -0.2) is 0 Å². The average Bonchev–Trinajstić information content (AvgIpc) is 2.98. The summed E-state index contributed by atoms with van der Waals surface area (Å²) in [6, 6.07) is 17.5. The molecular formula is C22H17N3O3. The molecule has 1 aromatic heterocycles. The van der Waals surface area contributed by atoms with Gasteiger partial charge < -0.3 is 5.32 Å². The fourth-order valence-electron chi connectivity index (χ4n) is 3.14. The van der Waals surface area contributed by atoms with Crippen molar-refractivity contribution in [2.75, 3.05) is 11.9 Å². The van der Waals surface area contributed by atoms with E-state index in [-0.39, 0.29) is 17.7 Å². The third kappa shape index (κ3) is 3.40. The first-order valence-corrected chi connectivity index (χ1v) is 8.89. The van der Waals surface area contributed by atoms with Crippen LogP contribution in [0.3, 0.4) is 0 Å². The number of nitrogens with one attached hydrogen (secondary N) is 1. The van der Waals surface area contributed by atoms with Gasteiger partial charge >= 0.3 is 0 Å². The van der Waals surface area contributed by atoms with Gasteiger partial charge in [0.2, 0.25) is 0 Å². The number of hydrogen-bond donors (Lipinski definition) is 1. The minimum atomic E-state index is -0.248. The van der Waals surface area contributed by atoms with E-state index in [1.54, 1.807) is 60.9 Å². The molecule has 0 unspecified atom stereocenters. The molecule has 2 heterocycles. The van der Waals surface area contributed by atoms with E-state index in [4.69, 9.17) is 0 Å². The molecule has 28 heavy (non-hydrogen) atoms. The Morgan fingerprint density at radius 2 is 1.46 bits per heavy atom. The molecule has 0 bridgehead atoms. The number of amides is 3. The molecule has 0 saturated heterocycles. The van der Waals surface area contributed by atoms with E-state index in [1.165, 1.54) is 4.90 Å². The summed E-state index contributed by atoms with van der Waals surface area (Å²) in [7, 11) is 0. The van der Waals surface area contributed by atoms with Gasteiger partial charge in [-0.2, -0.15) is 0 Å². The molecule has 0 fully saturated rings. The van der Waals surface area contributed by atoms with Crippen LogP contribution in [0.5, 0.6) is 0 Å². The maximum atomic E-state index is 12.4. The Balaban J connectivity index is 1.37. The molecule has 3 amide bonds. The van der Waals surface area contributed by atoms with Gasteiger partial charge in [-0.1, -0.05) is 24.3 Å². The number of nitrogens with zero attached hydrogens (tertiary/aromatic N) is 2. The lowest BCUT2D eigenvalue weighted by Gasteiger charge is -2.14. The Kier molecular flexibility index (Phi) is 4.68. The van der Waals surface area contributed by atoms with Gasteiger partial charge in [0.15, 0.2) is 0 Å². The highest BCUT2D eigenvalue weighted by molar-refractivity contribution is 6.21. The molecule has 0 spiro atoms. The van der Waals surface area contributed by atoms with Crippen molar-refractivity contribution in [3.63, 3.8) is 0 Å². The van der Waals surface area contributed by atoms with E-state index in [1.807, 2.05) is 12.1 Å². The van der Waals surface area contributed by atoms with Crippen LogP contribution in [0.25, 0.3) is 0 Å². The van der Waals surface area contributed by atoms with E-state index in [0.29, 0.717) is 35.3 Å². The fourth-order valence-corrected chi connectivity index (χ4v) is 3.14. The zero-order valence-corrected chi connectivity index (χ0v) is 15.0. The van der Waals surface area contributed by atoms with Gasteiger partial charge in [-0.3, -0.25) is 24.3 Å². The second kappa shape index (κ2) is 7.44. The largest absolute Gasteiger partial charge is 0.322 e. The van der Waals surface area contributed by atoms with E-state index in [9.17, 15) is 14.4 Å². The smallest absolute Gasteiger partial charge is 0.261 e. The number of pyridine rings is 1. The highest BCUT2D eigenvalue weighted by Gasteiger charge is 2.34. The second-order valence-electron chi connectivity index (χ2n) is 6.44. The standard InChI is InChI=1S/C22H17N3O3/c26-20(16-9-12-23-13-10-16)24-17-7-5-15(6-8-17)11-14-25-21(27)18-3-1-2-4-19(18)22(25)28/h1-10,12-13H,11,14H2,(H,24,26). The van der Waals surface area contributed by atoms with Crippen LogP contribution in [0, 0.1) is 0 Å². The Hall–Kier alpha value is -3.80. The van der Waals surface area contributed by atoms with Crippen LogP contribution in [0.2, 0.25) is 0 Å². The summed E-state index contributed by atoms with van der Waals surface area (Å²) < 4.78 is 0. The molecule has 1 N–H and O–H groups in total. The number of hydrogen-bond acceptors (Lipinski definition) is 4. The molecule has 1 aliphatic heterocycles. The molecule has 6 heteroatoms. The fraction of sp³-hybridized carbons (Fsp3) is 0.0909. The summed E-state index contributed by atoms with van der Waals surface area (Å²) in [6.45, 7) is 0.315. The summed E-state index contributed by atoms with van der Waals surface area (Å²) in [5.41, 5.74) is 3.10. The number of carbonyl (C=O) groups excluding carboxylic acids is 3. The van der Waals surface area contributed by atoms with Crippen LogP contribution in [0.4, 0.5) is 5.69 Å². The molecule has 3 aromatic rings. The van der Waals surface area contributed by atoms with Crippen LogP contribution in [-0.4, -0.2) is 34.2 Å². The topological polar surface area (TPSA) is 79.4 Å². The first kappa shape index (κ1) is 17.6. The maximum Gasteiger partial charge on any atom is 0.261 e. The van der Waals surface area contributed by atoms with Crippen LogP contribution >= 0.6 is 0 Å². The molecule has 0 radical (unpaired) electrons. The summed E-state index contributed by atoms with van der Waals surface area (Å²) in [6.07, 6.45) is 3.68. The van der Waals surface area contributed by atoms with Gasteiger partial charge in [0.1, 0.15) is 0 Å². The molecule has 4 rings (SSSR count). The highest BCUT2D eigenvalue weighted by atomic mass is 16.2. The van der Waals surface area contributed by atoms with Crippen LogP contribution in [-0.2, 0) is 6.42 Å². The van der Waals surface area contributed by atoms with E-state index in [2.05, 4.69) is 10.3 Å². The van der Waals surface area contributed by atoms with Gasteiger partial charge in [-0.15, -0.1) is 0 Å². The minimum absolute atomic E-state index is 0.207. The molecule has 0 atom stereocenters. The van der Waals surface area contributed by atoms with Crippen molar-refractivity contribution in [2.24, 2.45) is 0 Å². The molecule has 138 valence electrons. The van der Waals surface area contributed by atoms with Crippen LogP contribution in [0.15, 0.2) is 73.1 Å². The predicted molar refractivity (Wildman–Crippen MR) is 104 cm³/mol. The number of fused-ring (bicyclic) bond motifs is 1. The number of benzene rings is 2. The van der Waals surface area contributed by atoms with Gasteiger partial charge in [0.25, 0.3) is 17.7 Å². The predicted octanol–water partition coefficient (Wildman–Crippen LogP) is 3.17. The first-order chi connectivity index (χ1) is 13.6. The Bertz CT molecular complexity index is 1010. The van der Waals surface area contributed by atoms with Gasteiger partial charge in [0, 0.05) is 30.2 Å². The van der Waals surface area contributed by atoms with Crippen molar-refractivity contribution < 1.29 is 14.4 Å². The summed E-state index contributed by atoms with van der Waals surface area (Å²) in [5, 5.41) is 2.82. The van der Waals surface area contributed by atoms with Crippen molar-refractivity contribution in [1.82, 2.24) is 9.88 Å². The summed E-state index contributed by atoms with van der Waals surface area (Å²) >= 11 is 0. The number of carbonyl (C=O) groups is 3. The minimum Gasteiger partial charge on any atom is -0.322 e. The normalized spacial score (nSPS) is 12.8. The van der Waals surface area contributed by atoms with Crippen molar-refractivity contribution in [1.29, 1.82) is 0 Å². The number of rotatable bonds is 5. The molecular weight excluding hydrogens is 354 g/mol. The zero-order valence-electron chi connectivity index (χ0n) is 15.0. The lowest BCUT2D eigenvalue weighted by atomic mass is 10.1. The monoisotopic (exact) mass is 371 g/mol. The number of aromatic nitrogens is 1. The van der Waals surface area contributed by atoms with E-state index >= 15 is 0 Å². The molecule has 6 nitrogen and oxygen atoms in total. The first-order valence-electron chi connectivity index (χ1n) is 8.89. The van der Waals surface area contributed by atoms with Crippen molar-refractivity contribution in [3.8, 4) is 0 Å².